The van der Waals surface area contributed by atoms with Gasteiger partial charge in [0.15, 0.2) is 0 Å². The van der Waals surface area contributed by atoms with Crippen molar-refractivity contribution in [1.82, 2.24) is 9.88 Å². The molecule has 2 fully saturated rings. The van der Waals surface area contributed by atoms with Crippen molar-refractivity contribution in [1.29, 1.82) is 0 Å². The molecule has 0 bridgehead atoms. The summed E-state index contributed by atoms with van der Waals surface area (Å²) in [5.41, 5.74) is -0.0362. The number of amides is 1. The summed E-state index contributed by atoms with van der Waals surface area (Å²) in [5, 5.41) is 1.10. The molecule has 2 aromatic rings. The molecule has 4 heterocycles. The van der Waals surface area contributed by atoms with Gasteiger partial charge in [0.1, 0.15) is 0 Å². The minimum absolute atomic E-state index is 0.0362. The van der Waals surface area contributed by atoms with E-state index in [1.165, 1.54) is 11.3 Å². The van der Waals surface area contributed by atoms with Crippen molar-refractivity contribution in [2.24, 2.45) is 0 Å². The van der Waals surface area contributed by atoms with E-state index in [2.05, 4.69) is 9.88 Å². The second-order valence-electron chi connectivity index (χ2n) is 5.61. The highest BCUT2D eigenvalue weighted by atomic mass is 32.1. The summed E-state index contributed by atoms with van der Waals surface area (Å²) in [6.07, 6.45) is 6.73. The van der Waals surface area contributed by atoms with Gasteiger partial charge in [0.25, 0.3) is 5.91 Å². The molecule has 0 N–H and O–H groups in total. The van der Waals surface area contributed by atoms with E-state index >= 15 is 0 Å². The predicted molar refractivity (Wildman–Crippen MR) is 78.1 cm³/mol. The van der Waals surface area contributed by atoms with Gasteiger partial charge in [0.05, 0.1) is 21.7 Å². The summed E-state index contributed by atoms with van der Waals surface area (Å²) in [5.74, 6) is 0.161. The number of nitrogens with zero attached hydrogens (tertiary/aromatic N) is 2. The van der Waals surface area contributed by atoms with Crippen LogP contribution >= 0.6 is 11.3 Å². The van der Waals surface area contributed by atoms with Crippen LogP contribution in [-0.4, -0.2) is 41.1 Å². The number of hydrogen-bond acceptors (Lipinski definition) is 4. The third kappa shape index (κ3) is 1.77. The maximum atomic E-state index is 12.8. The Bertz CT molecular complexity index is 622. The van der Waals surface area contributed by atoms with Crippen LogP contribution < -0.4 is 0 Å². The number of thiophene rings is 1. The van der Waals surface area contributed by atoms with Crippen LogP contribution in [0.4, 0.5) is 0 Å². The predicted octanol–water partition coefficient (Wildman–Crippen LogP) is 2.69. The Hall–Kier alpha value is -1.46. The fraction of sp³-hybridized carbons (Fsp3) is 0.467. The van der Waals surface area contributed by atoms with Gasteiger partial charge in [0, 0.05) is 25.5 Å². The Balaban J connectivity index is 1.69. The van der Waals surface area contributed by atoms with Crippen molar-refractivity contribution in [3.05, 3.63) is 29.4 Å². The summed E-state index contributed by atoms with van der Waals surface area (Å²) < 4.78 is 6.63. The van der Waals surface area contributed by atoms with Crippen LogP contribution in [-0.2, 0) is 4.74 Å². The van der Waals surface area contributed by atoms with Crippen LogP contribution in [0.5, 0.6) is 0 Å². The number of fused-ring (bicyclic) bond motifs is 1. The van der Waals surface area contributed by atoms with Gasteiger partial charge in [-0.05, 0) is 36.8 Å². The molecule has 0 radical (unpaired) electrons. The van der Waals surface area contributed by atoms with Crippen molar-refractivity contribution in [3.63, 3.8) is 0 Å². The molecule has 2 aliphatic rings. The van der Waals surface area contributed by atoms with E-state index < -0.39 is 0 Å². The van der Waals surface area contributed by atoms with Crippen LogP contribution in [0.1, 0.15) is 28.9 Å². The lowest BCUT2D eigenvalue weighted by Gasteiger charge is -2.33. The first-order valence-corrected chi connectivity index (χ1v) is 7.83. The molecule has 0 aromatic carbocycles. The normalized spacial score (nSPS) is 25.9. The maximum Gasteiger partial charge on any atom is 0.264 e. The average Bonchev–Trinajstić information content (AvgIpc) is 3.18. The van der Waals surface area contributed by atoms with E-state index in [0.717, 1.165) is 47.4 Å². The summed E-state index contributed by atoms with van der Waals surface area (Å²) in [7, 11) is 0. The molecule has 2 aliphatic heterocycles. The van der Waals surface area contributed by atoms with Crippen LogP contribution in [0.25, 0.3) is 10.1 Å². The van der Waals surface area contributed by atoms with Crippen LogP contribution in [0.15, 0.2) is 24.5 Å². The summed E-state index contributed by atoms with van der Waals surface area (Å²) in [6, 6.07) is 3.95. The highest BCUT2D eigenvalue weighted by Gasteiger charge is 2.46. The van der Waals surface area contributed by atoms with Crippen LogP contribution in [0.2, 0.25) is 0 Å². The quantitative estimate of drug-likeness (QED) is 0.810. The lowest BCUT2D eigenvalue weighted by atomic mass is 9.95. The Morgan fingerprint density at radius 1 is 1.45 bits per heavy atom. The van der Waals surface area contributed by atoms with E-state index in [4.69, 9.17) is 4.74 Å². The second-order valence-corrected chi connectivity index (χ2v) is 6.70. The van der Waals surface area contributed by atoms with Crippen molar-refractivity contribution in [3.8, 4) is 0 Å². The highest BCUT2D eigenvalue weighted by molar-refractivity contribution is 7.20. The third-order valence-electron chi connectivity index (χ3n) is 4.46. The monoisotopic (exact) mass is 288 g/mol. The number of ether oxygens (including phenoxy) is 1. The zero-order valence-corrected chi connectivity index (χ0v) is 12.0. The molecule has 1 spiro atoms. The average molecular weight is 288 g/mol. The first kappa shape index (κ1) is 12.3. The topological polar surface area (TPSA) is 42.4 Å². The minimum atomic E-state index is -0.0362. The zero-order valence-electron chi connectivity index (χ0n) is 11.2. The molecule has 5 heteroatoms. The van der Waals surface area contributed by atoms with E-state index in [9.17, 15) is 4.79 Å². The van der Waals surface area contributed by atoms with Gasteiger partial charge in [-0.3, -0.25) is 9.78 Å². The van der Waals surface area contributed by atoms with Crippen LogP contribution in [0.3, 0.4) is 0 Å². The van der Waals surface area contributed by atoms with Gasteiger partial charge >= 0.3 is 0 Å². The molecule has 4 rings (SSSR count). The Kier molecular flexibility index (Phi) is 2.79. The Morgan fingerprint density at radius 3 is 3.20 bits per heavy atom. The maximum absolute atomic E-state index is 12.8. The second kappa shape index (κ2) is 4.53. The lowest BCUT2D eigenvalue weighted by molar-refractivity contribution is 0.0555. The Labute approximate surface area is 121 Å². The number of hydrogen-bond donors (Lipinski definition) is 0. The third-order valence-corrected chi connectivity index (χ3v) is 5.53. The van der Waals surface area contributed by atoms with Gasteiger partial charge in [-0.15, -0.1) is 11.3 Å². The smallest absolute Gasteiger partial charge is 0.264 e. The summed E-state index contributed by atoms with van der Waals surface area (Å²) in [4.78, 5) is 19.8. The lowest BCUT2D eigenvalue weighted by Crippen LogP contribution is -2.47. The zero-order chi connectivity index (χ0) is 13.6. The molecule has 0 saturated carbocycles. The number of aromatic nitrogens is 1. The largest absolute Gasteiger partial charge is 0.379 e. The van der Waals surface area contributed by atoms with Crippen molar-refractivity contribution in [2.45, 2.75) is 24.8 Å². The molecule has 0 unspecified atom stereocenters. The molecule has 1 amide bonds. The standard InChI is InChI=1S/C15H16N2O2S/c18-14(12-8-11-2-5-16-9-13(11)20-12)17-6-1-3-15(17)4-7-19-10-15/h2,5,8-9H,1,3-4,6-7,10H2/t15-/m0/s1. The SMILES string of the molecule is O=C(c1cc2ccncc2s1)N1CCC[C@@]12CCOC2. The Morgan fingerprint density at radius 2 is 2.40 bits per heavy atom. The minimum Gasteiger partial charge on any atom is -0.379 e. The van der Waals surface area contributed by atoms with Crippen molar-refractivity contribution >= 4 is 27.3 Å². The van der Waals surface area contributed by atoms with Crippen molar-refractivity contribution < 1.29 is 9.53 Å². The molecule has 4 nitrogen and oxygen atoms in total. The number of carbonyl (C=O) groups excluding carboxylic acids is 1. The van der Waals surface area contributed by atoms with Crippen LogP contribution in [0, 0.1) is 0 Å². The van der Waals surface area contributed by atoms with Gasteiger partial charge in [-0.1, -0.05) is 0 Å². The molecule has 2 aromatic heterocycles. The number of carbonyl (C=O) groups is 1. The molecule has 1 atom stereocenters. The fourth-order valence-electron chi connectivity index (χ4n) is 3.38. The molecule has 0 aliphatic carbocycles. The molecular weight excluding hydrogens is 272 g/mol. The van der Waals surface area contributed by atoms with E-state index in [-0.39, 0.29) is 11.4 Å². The molecule has 20 heavy (non-hydrogen) atoms. The first-order valence-electron chi connectivity index (χ1n) is 7.02. The van der Waals surface area contributed by atoms with E-state index in [0.29, 0.717) is 6.61 Å². The fourth-order valence-corrected chi connectivity index (χ4v) is 4.36. The molecule has 104 valence electrons. The van der Waals surface area contributed by atoms with E-state index in [1.807, 2.05) is 18.3 Å². The molecular formula is C15H16N2O2S. The van der Waals surface area contributed by atoms with Gasteiger partial charge in [-0.25, -0.2) is 0 Å². The van der Waals surface area contributed by atoms with E-state index in [1.54, 1.807) is 6.20 Å². The van der Waals surface area contributed by atoms with Gasteiger partial charge in [-0.2, -0.15) is 0 Å². The van der Waals surface area contributed by atoms with Gasteiger partial charge in [0.2, 0.25) is 0 Å². The highest BCUT2D eigenvalue weighted by Crippen LogP contribution is 2.38. The number of pyridine rings is 1. The number of rotatable bonds is 1. The van der Waals surface area contributed by atoms with Crippen molar-refractivity contribution in [2.75, 3.05) is 19.8 Å². The summed E-state index contributed by atoms with van der Waals surface area (Å²) >= 11 is 1.54. The molecule has 2 saturated heterocycles. The first-order chi connectivity index (χ1) is 9.78. The summed E-state index contributed by atoms with van der Waals surface area (Å²) in [6.45, 7) is 2.33. The number of likely N-dealkylation sites (tertiary alicyclic amines) is 1. The van der Waals surface area contributed by atoms with Gasteiger partial charge < -0.3 is 9.64 Å².